The molecule has 0 saturated carbocycles. The Labute approximate surface area is 207 Å². The summed E-state index contributed by atoms with van der Waals surface area (Å²) in [4.78, 5) is 14.8. The van der Waals surface area contributed by atoms with E-state index in [0.29, 0.717) is 37.7 Å². The standard InChI is InChI=1S/C27H27N5O4/c1-27(2,34)18-5-8-23-17(13-18)4-7-22-19-14-16(3-6-21(19)29-30-22)20-15-28-31-25(20)35-12-11-32-10-9-24(36-23)26(32)33/h3-8,13-15,24,34H,9-12H2,1-2H3,(H,28,31)(H,29,30)/b7-4+/t24-/m1/s1. The van der Waals surface area contributed by atoms with Crippen molar-refractivity contribution in [2.45, 2.75) is 32.0 Å². The van der Waals surface area contributed by atoms with Crippen LogP contribution >= 0.6 is 0 Å². The van der Waals surface area contributed by atoms with Crippen molar-refractivity contribution < 1.29 is 19.4 Å². The van der Waals surface area contributed by atoms with Gasteiger partial charge in [-0.25, -0.2) is 5.10 Å². The minimum absolute atomic E-state index is 0.0603. The number of fused-ring (bicyclic) bond motifs is 6. The van der Waals surface area contributed by atoms with Crippen molar-refractivity contribution in [2.75, 3.05) is 19.7 Å². The molecule has 1 atom stereocenters. The van der Waals surface area contributed by atoms with Crippen molar-refractivity contribution in [3.05, 3.63) is 59.4 Å². The Morgan fingerprint density at radius 3 is 2.86 bits per heavy atom. The number of nitrogens with zero attached hydrogens (tertiary/aromatic N) is 3. The fraction of sp³-hybridized carbons (Fsp3) is 0.296. The number of carbonyl (C=O) groups is 1. The van der Waals surface area contributed by atoms with E-state index in [1.54, 1.807) is 24.9 Å². The van der Waals surface area contributed by atoms with Gasteiger partial charge in [0.15, 0.2) is 6.10 Å². The van der Waals surface area contributed by atoms with E-state index in [4.69, 9.17) is 9.47 Å². The van der Waals surface area contributed by atoms with E-state index in [-0.39, 0.29) is 5.91 Å². The Morgan fingerprint density at radius 1 is 1.11 bits per heavy atom. The van der Waals surface area contributed by atoms with Gasteiger partial charge in [-0.2, -0.15) is 10.2 Å². The van der Waals surface area contributed by atoms with Crippen molar-refractivity contribution in [2.24, 2.45) is 0 Å². The van der Waals surface area contributed by atoms with E-state index < -0.39 is 11.7 Å². The zero-order valence-corrected chi connectivity index (χ0v) is 20.1. The monoisotopic (exact) mass is 485 g/mol. The van der Waals surface area contributed by atoms with E-state index in [9.17, 15) is 9.90 Å². The fourth-order valence-corrected chi connectivity index (χ4v) is 4.71. The summed E-state index contributed by atoms with van der Waals surface area (Å²) >= 11 is 0. The molecule has 2 aliphatic heterocycles. The topological polar surface area (TPSA) is 116 Å². The highest BCUT2D eigenvalue weighted by atomic mass is 16.5. The quantitative estimate of drug-likeness (QED) is 0.378. The summed E-state index contributed by atoms with van der Waals surface area (Å²) in [5.74, 6) is 1.08. The summed E-state index contributed by atoms with van der Waals surface area (Å²) in [7, 11) is 0. The number of rotatable bonds is 1. The lowest BCUT2D eigenvalue weighted by atomic mass is 9.95. The lowest BCUT2D eigenvalue weighted by Crippen LogP contribution is -2.35. The number of benzene rings is 2. The number of carbonyl (C=O) groups excluding carboxylic acids is 1. The Bertz CT molecular complexity index is 1480. The maximum Gasteiger partial charge on any atom is 0.263 e. The maximum absolute atomic E-state index is 13.1. The van der Waals surface area contributed by atoms with Crippen LogP contribution in [0.4, 0.5) is 0 Å². The lowest BCUT2D eigenvalue weighted by Gasteiger charge is -2.21. The molecule has 184 valence electrons. The molecule has 1 amide bonds. The van der Waals surface area contributed by atoms with Gasteiger partial charge in [0.25, 0.3) is 5.91 Å². The Hall–Kier alpha value is -4.11. The molecule has 4 heterocycles. The Morgan fingerprint density at radius 2 is 2.00 bits per heavy atom. The van der Waals surface area contributed by atoms with E-state index in [0.717, 1.165) is 38.9 Å². The van der Waals surface area contributed by atoms with Crippen LogP contribution in [0.3, 0.4) is 0 Å². The molecule has 3 N–H and O–H groups in total. The van der Waals surface area contributed by atoms with E-state index in [1.807, 2.05) is 48.6 Å². The summed E-state index contributed by atoms with van der Waals surface area (Å²) in [6, 6.07) is 11.6. The van der Waals surface area contributed by atoms with Crippen molar-refractivity contribution >= 4 is 29.0 Å². The minimum Gasteiger partial charge on any atom is -0.480 e. The molecule has 0 spiro atoms. The number of aliphatic hydroxyl groups is 1. The van der Waals surface area contributed by atoms with Crippen LogP contribution in [0.1, 0.15) is 37.1 Å². The summed E-state index contributed by atoms with van der Waals surface area (Å²) in [6.07, 6.45) is 5.58. The first kappa shape index (κ1) is 22.4. The molecule has 1 saturated heterocycles. The zero-order valence-electron chi connectivity index (χ0n) is 20.1. The van der Waals surface area contributed by atoms with Gasteiger partial charge in [0.05, 0.1) is 35.1 Å². The number of amides is 1. The minimum atomic E-state index is -1.02. The number of nitrogens with one attached hydrogen (secondary N) is 2. The van der Waals surface area contributed by atoms with Gasteiger partial charge in [-0.05, 0) is 61.4 Å². The third-order valence-corrected chi connectivity index (χ3v) is 6.77. The number of aromatic amines is 2. The molecule has 2 aromatic heterocycles. The predicted octanol–water partition coefficient (Wildman–Crippen LogP) is 3.72. The van der Waals surface area contributed by atoms with Gasteiger partial charge >= 0.3 is 0 Å². The second kappa shape index (κ2) is 8.53. The molecule has 1 fully saturated rings. The number of hydrogen-bond acceptors (Lipinski definition) is 6. The normalized spacial score (nSPS) is 18.9. The molecule has 36 heavy (non-hydrogen) atoms. The van der Waals surface area contributed by atoms with Gasteiger partial charge in [-0.15, -0.1) is 0 Å². The summed E-state index contributed by atoms with van der Waals surface area (Å²) < 4.78 is 12.2. The summed E-state index contributed by atoms with van der Waals surface area (Å²) in [6.45, 7) is 4.87. The second-order valence-electron chi connectivity index (χ2n) is 9.70. The second-order valence-corrected chi connectivity index (χ2v) is 9.70. The van der Waals surface area contributed by atoms with Crippen molar-refractivity contribution in [1.29, 1.82) is 0 Å². The highest BCUT2D eigenvalue weighted by Gasteiger charge is 2.34. The smallest absolute Gasteiger partial charge is 0.263 e. The lowest BCUT2D eigenvalue weighted by molar-refractivity contribution is -0.133. The number of hydrogen-bond donors (Lipinski definition) is 3. The van der Waals surface area contributed by atoms with E-state index >= 15 is 0 Å². The van der Waals surface area contributed by atoms with Gasteiger partial charge in [-0.1, -0.05) is 12.1 Å². The van der Waals surface area contributed by atoms with Crippen LogP contribution in [-0.4, -0.2) is 62.1 Å². The highest BCUT2D eigenvalue weighted by molar-refractivity contribution is 5.93. The highest BCUT2D eigenvalue weighted by Crippen LogP contribution is 2.33. The molecular weight excluding hydrogens is 458 g/mol. The van der Waals surface area contributed by atoms with Crippen LogP contribution in [0, 0.1) is 0 Å². The third-order valence-electron chi connectivity index (χ3n) is 6.77. The van der Waals surface area contributed by atoms with Gasteiger partial charge in [0, 0.05) is 23.9 Å². The Balaban J connectivity index is 1.48. The average molecular weight is 486 g/mol. The van der Waals surface area contributed by atoms with E-state index in [1.165, 1.54) is 0 Å². The average Bonchev–Trinajstić information content (AvgIpc) is 3.57. The molecule has 2 aliphatic rings. The zero-order chi connectivity index (χ0) is 24.9. The van der Waals surface area contributed by atoms with Crippen LogP contribution in [0.5, 0.6) is 11.6 Å². The maximum atomic E-state index is 13.1. The molecule has 0 unspecified atom stereocenters. The summed E-state index contributed by atoms with van der Waals surface area (Å²) in [5.41, 5.74) is 3.93. The van der Waals surface area contributed by atoms with Crippen LogP contribution in [-0.2, 0) is 10.4 Å². The fourth-order valence-electron chi connectivity index (χ4n) is 4.71. The first-order valence-corrected chi connectivity index (χ1v) is 12.0. The van der Waals surface area contributed by atoms with Gasteiger partial charge < -0.3 is 19.5 Å². The van der Waals surface area contributed by atoms with Crippen LogP contribution in [0.25, 0.3) is 34.2 Å². The predicted molar refractivity (Wildman–Crippen MR) is 135 cm³/mol. The van der Waals surface area contributed by atoms with Crippen LogP contribution in [0.15, 0.2) is 42.6 Å². The molecule has 9 heteroatoms. The SMILES string of the molecule is CC(C)(O)c1ccc2c(c1)/C=C/c1n[nH]c3ccc(cc13)-c1cn[nH]c1OCCN1CC[C@@H](O2)C1=O. The number of aromatic nitrogens is 4. The van der Waals surface area contributed by atoms with Crippen molar-refractivity contribution in [3.63, 3.8) is 0 Å². The molecule has 4 aromatic rings. The first-order chi connectivity index (χ1) is 17.4. The Kier molecular flexibility index (Phi) is 5.30. The van der Waals surface area contributed by atoms with Crippen LogP contribution < -0.4 is 9.47 Å². The van der Waals surface area contributed by atoms with E-state index in [2.05, 4.69) is 20.4 Å². The van der Waals surface area contributed by atoms with Crippen molar-refractivity contribution in [1.82, 2.24) is 25.3 Å². The van der Waals surface area contributed by atoms with Crippen molar-refractivity contribution in [3.8, 4) is 22.8 Å². The molecular formula is C27H27N5O4. The largest absolute Gasteiger partial charge is 0.480 e. The van der Waals surface area contributed by atoms with Gasteiger partial charge in [0.2, 0.25) is 5.88 Å². The third kappa shape index (κ3) is 4.01. The van der Waals surface area contributed by atoms with Gasteiger partial charge in [0.1, 0.15) is 12.4 Å². The number of H-pyrrole nitrogens is 2. The molecule has 0 radical (unpaired) electrons. The van der Waals surface area contributed by atoms with Crippen LogP contribution in [0.2, 0.25) is 0 Å². The molecule has 4 bridgehead atoms. The molecule has 6 rings (SSSR count). The molecule has 9 nitrogen and oxygen atoms in total. The first-order valence-electron chi connectivity index (χ1n) is 12.0. The molecule has 2 aromatic carbocycles. The van der Waals surface area contributed by atoms with Gasteiger partial charge in [-0.3, -0.25) is 9.89 Å². The molecule has 0 aliphatic carbocycles. The summed E-state index contributed by atoms with van der Waals surface area (Å²) in [5, 5.41) is 26.2. The number of ether oxygens (including phenoxy) is 2.